The number of imidazole rings is 1. The average molecular weight is 634 g/mol. The molecule has 2 N–H and O–H groups in total. The summed E-state index contributed by atoms with van der Waals surface area (Å²) in [5.74, 6) is 1.20. The van der Waals surface area contributed by atoms with Gasteiger partial charge in [-0.15, -0.1) is 10.2 Å². The first kappa shape index (κ1) is 31.3. The standard InChI is InChI=1S/C30H39N11O5/c1-4-20(5-2)32-26-22-28(35-30(34-26)33-21-12-13-39(15-21)14-19-10-8-7-9-11-19)40(16-31-22)29-25(45-18-43)23(44-17-42)24(46-29)27-36-38-41(6-3)37-27/h7-11,16-18,20-21,23-25,29H,4-6,12-15H2,1-3H3,(H2,32,33,34,35)/t21?,23-,24+,25-,29-/m1/s1. The second-order valence-electron chi connectivity index (χ2n) is 11.4. The molecule has 1 aromatic carbocycles. The number of ether oxygens (including phenoxy) is 3. The van der Waals surface area contributed by atoms with Crippen LogP contribution in [0.15, 0.2) is 36.7 Å². The summed E-state index contributed by atoms with van der Waals surface area (Å²) >= 11 is 0. The van der Waals surface area contributed by atoms with Crippen LogP contribution in [0, 0.1) is 0 Å². The molecule has 46 heavy (non-hydrogen) atoms. The Labute approximate surface area is 265 Å². The Kier molecular flexibility index (Phi) is 9.63. The number of carbonyl (C=O) groups is 2. The van der Waals surface area contributed by atoms with Crippen LogP contribution < -0.4 is 10.6 Å². The van der Waals surface area contributed by atoms with E-state index >= 15 is 0 Å². The number of aromatic nitrogens is 8. The molecule has 16 nitrogen and oxygen atoms in total. The van der Waals surface area contributed by atoms with Crippen molar-refractivity contribution in [3.63, 3.8) is 0 Å². The van der Waals surface area contributed by atoms with Gasteiger partial charge in [-0.25, -0.2) is 4.98 Å². The monoisotopic (exact) mass is 633 g/mol. The minimum atomic E-state index is -1.05. The van der Waals surface area contributed by atoms with E-state index in [0.717, 1.165) is 38.9 Å². The molecule has 244 valence electrons. The Morgan fingerprint density at radius 1 is 1.07 bits per heavy atom. The lowest BCUT2D eigenvalue weighted by molar-refractivity contribution is -0.151. The summed E-state index contributed by atoms with van der Waals surface area (Å²) in [6.07, 6.45) is 0.228. The highest BCUT2D eigenvalue weighted by Crippen LogP contribution is 2.42. The van der Waals surface area contributed by atoms with Crippen molar-refractivity contribution in [1.82, 2.24) is 44.6 Å². The van der Waals surface area contributed by atoms with Crippen molar-refractivity contribution >= 4 is 35.9 Å². The van der Waals surface area contributed by atoms with Crippen molar-refractivity contribution in [3.8, 4) is 0 Å². The molecular weight excluding hydrogens is 594 g/mol. The van der Waals surface area contributed by atoms with Crippen LogP contribution in [0.5, 0.6) is 0 Å². The third-order valence-corrected chi connectivity index (χ3v) is 8.50. The first-order chi connectivity index (χ1) is 22.5. The predicted molar refractivity (Wildman–Crippen MR) is 165 cm³/mol. The molecule has 0 aliphatic carbocycles. The van der Waals surface area contributed by atoms with E-state index in [4.69, 9.17) is 24.2 Å². The second kappa shape index (κ2) is 14.2. The molecule has 2 saturated heterocycles. The molecule has 2 aliphatic heterocycles. The van der Waals surface area contributed by atoms with Gasteiger partial charge in [-0.1, -0.05) is 44.2 Å². The molecule has 16 heteroatoms. The van der Waals surface area contributed by atoms with Crippen LogP contribution in [-0.2, 0) is 36.9 Å². The number of hydrogen-bond donors (Lipinski definition) is 2. The maximum Gasteiger partial charge on any atom is 0.293 e. The van der Waals surface area contributed by atoms with Crippen LogP contribution in [-0.4, -0.2) is 95.0 Å². The van der Waals surface area contributed by atoms with E-state index in [0.29, 0.717) is 35.9 Å². The SMILES string of the molecule is CCC(CC)Nc1nc(NC2CCN(Cc3ccccc3)C2)nc2c1ncn2[C@@H]1O[C@H](c2nnn(CC)n2)[C@@H](OC=O)[C@H]1OC=O. The molecule has 0 amide bonds. The number of benzene rings is 1. The van der Waals surface area contributed by atoms with Gasteiger partial charge in [-0.05, 0) is 37.0 Å². The highest BCUT2D eigenvalue weighted by Gasteiger charge is 2.52. The summed E-state index contributed by atoms with van der Waals surface area (Å²) in [5.41, 5.74) is 2.24. The van der Waals surface area contributed by atoms with Crippen LogP contribution in [0.25, 0.3) is 11.2 Å². The number of nitrogens with one attached hydrogen (secondary N) is 2. The van der Waals surface area contributed by atoms with Gasteiger partial charge in [-0.3, -0.25) is 19.1 Å². The van der Waals surface area contributed by atoms with Gasteiger partial charge in [0, 0.05) is 31.7 Å². The molecule has 0 saturated carbocycles. The van der Waals surface area contributed by atoms with Gasteiger partial charge >= 0.3 is 0 Å². The molecule has 2 aliphatic rings. The average Bonchev–Trinajstić information content (AvgIpc) is 3.88. The number of anilines is 2. The molecule has 0 radical (unpaired) electrons. The normalized spacial score (nSPS) is 23.2. The van der Waals surface area contributed by atoms with Gasteiger partial charge in [-0.2, -0.15) is 14.8 Å². The predicted octanol–water partition coefficient (Wildman–Crippen LogP) is 2.47. The van der Waals surface area contributed by atoms with Gasteiger partial charge in [0.15, 0.2) is 41.5 Å². The fourth-order valence-electron chi connectivity index (χ4n) is 6.07. The Morgan fingerprint density at radius 3 is 2.57 bits per heavy atom. The number of carbonyl (C=O) groups excluding carboxylic acids is 2. The molecular formula is C30H39N11O5. The van der Waals surface area contributed by atoms with E-state index in [1.807, 2.05) is 13.0 Å². The van der Waals surface area contributed by atoms with Crippen LogP contribution in [0.3, 0.4) is 0 Å². The van der Waals surface area contributed by atoms with Crippen LogP contribution >= 0.6 is 0 Å². The van der Waals surface area contributed by atoms with E-state index in [9.17, 15) is 9.59 Å². The summed E-state index contributed by atoms with van der Waals surface area (Å²) in [6.45, 7) is 9.80. The molecule has 6 rings (SSSR count). The zero-order valence-corrected chi connectivity index (χ0v) is 26.1. The first-order valence-electron chi connectivity index (χ1n) is 15.7. The van der Waals surface area contributed by atoms with E-state index in [-0.39, 0.29) is 24.4 Å². The molecule has 2 fully saturated rings. The number of nitrogens with zero attached hydrogens (tertiary/aromatic N) is 9. The van der Waals surface area contributed by atoms with Crippen molar-refractivity contribution in [3.05, 3.63) is 48.0 Å². The Hall–Kier alpha value is -4.70. The van der Waals surface area contributed by atoms with E-state index in [2.05, 4.69) is 74.0 Å². The summed E-state index contributed by atoms with van der Waals surface area (Å²) in [5, 5.41) is 19.5. The lowest BCUT2D eigenvalue weighted by Crippen LogP contribution is -2.34. The van der Waals surface area contributed by atoms with Gasteiger partial charge in [0.2, 0.25) is 11.8 Å². The number of hydrogen-bond acceptors (Lipinski definition) is 14. The van der Waals surface area contributed by atoms with Crippen molar-refractivity contribution in [2.45, 2.75) is 89.7 Å². The summed E-state index contributed by atoms with van der Waals surface area (Å²) in [4.78, 5) is 41.4. The lowest BCUT2D eigenvalue weighted by Gasteiger charge is -2.22. The molecule has 0 bridgehead atoms. The maximum absolute atomic E-state index is 11.7. The molecule has 5 atom stereocenters. The van der Waals surface area contributed by atoms with Crippen molar-refractivity contribution in [1.29, 1.82) is 0 Å². The minimum absolute atomic E-state index is 0.134. The lowest BCUT2D eigenvalue weighted by atomic mass is 10.1. The summed E-state index contributed by atoms with van der Waals surface area (Å²) in [6, 6.07) is 10.7. The van der Waals surface area contributed by atoms with Crippen LogP contribution in [0.4, 0.5) is 11.8 Å². The second-order valence-corrected chi connectivity index (χ2v) is 11.4. The highest BCUT2D eigenvalue weighted by atomic mass is 16.6. The van der Waals surface area contributed by atoms with E-state index in [1.54, 1.807) is 10.9 Å². The number of fused-ring (bicyclic) bond motifs is 1. The third-order valence-electron chi connectivity index (χ3n) is 8.50. The molecule has 4 aromatic rings. The molecule has 3 aromatic heterocycles. The molecule has 0 spiro atoms. The number of rotatable bonds is 15. The Balaban J connectivity index is 1.33. The summed E-state index contributed by atoms with van der Waals surface area (Å²) in [7, 11) is 0. The van der Waals surface area contributed by atoms with Crippen LogP contribution in [0.2, 0.25) is 0 Å². The zero-order chi connectivity index (χ0) is 32.0. The topological polar surface area (TPSA) is 176 Å². The fraction of sp³-hybridized carbons (Fsp3) is 0.533. The van der Waals surface area contributed by atoms with Crippen molar-refractivity contribution in [2.75, 3.05) is 23.7 Å². The largest absolute Gasteiger partial charge is 0.457 e. The van der Waals surface area contributed by atoms with Gasteiger partial charge in [0.25, 0.3) is 12.9 Å². The zero-order valence-electron chi connectivity index (χ0n) is 26.1. The Bertz CT molecular complexity index is 1610. The minimum Gasteiger partial charge on any atom is -0.457 e. The van der Waals surface area contributed by atoms with Gasteiger partial charge in [0.1, 0.15) is 0 Å². The smallest absolute Gasteiger partial charge is 0.293 e. The van der Waals surface area contributed by atoms with E-state index in [1.165, 1.54) is 10.4 Å². The highest BCUT2D eigenvalue weighted by molar-refractivity contribution is 5.84. The Morgan fingerprint density at radius 2 is 1.85 bits per heavy atom. The van der Waals surface area contributed by atoms with Gasteiger partial charge in [0.05, 0.1) is 12.9 Å². The maximum atomic E-state index is 11.7. The van der Waals surface area contributed by atoms with E-state index < -0.39 is 24.5 Å². The van der Waals surface area contributed by atoms with Crippen LogP contribution in [0.1, 0.15) is 63.8 Å². The fourth-order valence-corrected chi connectivity index (χ4v) is 6.07. The molecule has 1 unspecified atom stereocenters. The summed E-state index contributed by atoms with van der Waals surface area (Å²) < 4.78 is 18.9. The first-order valence-corrected chi connectivity index (χ1v) is 15.7. The number of tetrazole rings is 1. The number of aryl methyl sites for hydroxylation is 1. The quantitative estimate of drug-likeness (QED) is 0.183. The van der Waals surface area contributed by atoms with Crippen molar-refractivity contribution in [2.24, 2.45) is 0 Å². The third kappa shape index (κ3) is 6.48. The molecule has 5 heterocycles. The van der Waals surface area contributed by atoms with Gasteiger partial charge < -0.3 is 24.8 Å². The number of likely N-dealkylation sites (tertiary alicyclic amines) is 1. The van der Waals surface area contributed by atoms with Crippen molar-refractivity contribution < 1.29 is 23.8 Å².